The Hall–Kier alpha value is -2.68. The van der Waals surface area contributed by atoms with Crippen molar-refractivity contribution in [3.05, 3.63) is 50.7 Å². The molecule has 1 saturated heterocycles. The summed E-state index contributed by atoms with van der Waals surface area (Å²) < 4.78 is 13.8. The molecule has 0 saturated carbocycles. The van der Waals surface area contributed by atoms with Gasteiger partial charge in [-0.3, -0.25) is 19.0 Å². The van der Waals surface area contributed by atoms with Gasteiger partial charge in [-0.2, -0.15) is 5.10 Å². The van der Waals surface area contributed by atoms with Gasteiger partial charge in [-0.1, -0.05) is 0 Å². The smallest absolute Gasteiger partial charge is 0.332 e. The van der Waals surface area contributed by atoms with Crippen molar-refractivity contribution in [2.75, 3.05) is 13.1 Å². The number of rotatable bonds is 2. The van der Waals surface area contributed by atoms with Crippen LogP contribution in [0.5, 0.6) is 0 Å². The van der Waals surface area contributed by atoms with Crippen LogP contribution in [0.4, 0.5) is 0 Å². The summed E-state index contributed by atoms with van der Waals surface area (Å²) in [4.78, 5) is 38.9. The van der Waals surface area contributed by atoms with Gasteiger partial charge >= 0.3 is 11.1 Å². The minimum absolute atomic E-state index is 0.130. The van der Waals surface area contributed by atoms with Crippen LogP contribution in [-0.2, 0) is 17.9 Å². The van der Waals surface area contributed by atoms with Crippen LogP contribution in [0.25, 0.3) is 0 Å². The lowest BCUT2D eigenvalue weighted by Gasteiger charge is -2.35. The summed E-state index contributed by atoms with van der Waals surface area (Å²) in [6, 6.07) is 3.08. The summed E-state index contributed by atoms with van der Waals surface area (Å²) in [5.74, 6) is 0.503. The Morgan fingerprint density at radius 1 is 1.27 bits per heavy atom. The van der Waals surface area contributed by atoms with Crippen LogP contribution < -0.4 is 11.1 Å². The SMILES string of the molecule is CC(C)n1nc2n(c(=O)c1=O)C[C@]1(CCN(C(=O)c3ccco3)C1)OC2. The molecular formula is C17H20N4O5. The topological polar surface area (TPSA) is 99.6 Å². The van der Waals surface area contributed by atoms with Crippen LogP contribution in [-0.4, -0.2) is 43.8 Å². The quantitative estimate of drug-likeness (QED) is 0.719. The highest BCUT2D eigenvalue weighted by Crippen LogP contribution is 2.31. The molecule has 1 atom stereocenters. The Morgan fingerprint density at radius 2 is 2.08 bits per heavy atom. The van der Waals surface area contributed by atoms with E-state index < -0.39 is 16.7 Å². The Morgan fingerprint density at radius 3 is 2.77 bits per heavy atom. The molecule has 0 N–H and O–H groups in total. The minimum atomic E-state index is -0.683. The number of carbonyl (C=O) groups is 1. The summed E-state index contributed by atoms with van der Waals surface area (Å²) in [6.45, 7) is 4.78. The summed E-state index contributed by atoms with van der Waals surface area (Å²) in [5, 5.41) is 4.27. The highest BCUT2D eigenvalue weighted by molar-refractivity contribution is 5.91. The van der Waals surface area contributed by atoms with Crippen molar-refractivity contribution in [1.29, 1.82) is 0 Å². The number of nitrogens with zero attached hydrogens (tertiary/aromatic N) is 4. The second-order valence-corrected chi connectivity index (χ2v) is 7.08. The maximum Gasteiger partial charge on any atom is 0.332 e. The predicted molar refractivity (Wildman–Crippen MR) is 89.9 cm³/mol. The van der Waals surface area contributed by atoms with Crippen LogP contribution in [0.1, 0.15) is 42.7 Å². The predicted octanol–water partition coefficient (Wildman–Crippen LogP) is 0.394. The van der Waals surface area contributed by atoms with Crippen molar-refractivity contribution < 1.29 is 13.9 Å². The zero-order chi connectivity index (χ0) is 18.5. The Balaban J connectivity index is 1.61. The molecule has 1 spiro atoms. The van der Waals surface area contributed by atoms with Crippen molar-refractivity contribution in [2.24, 2.45) is 0 Å². The first-order valence-corrected chi connectivity index (χ1v) is 8.59. The summed E-state index contributed by atoms with van der Waals surface area (Å²) in [7, 11) is 0. The molecule has 2 aromatic heterocycles. The van der Waals surface area contributed by atoms with Gasteiger partial charge in [0.25, 0.3) is 5.91 Å². The molecule has 1 amide bonds. The van der Waals surface area contributed by atoms with Gasteiger partial charge in [0.15, 0.2) is 11.6 Å². The maximum atomic E-state index is 12.5. The van der Waals surface area contributed by atoms with E-state index in [1.54, 1.807) is 30.9 Å². The van der Waals surface area contributed by atoms with Gasteiger partial charge in [-0.05, 0) is 32.4 Å². The molecule has 2 aliphatic heterocycles. The molecule has 0 aromatic carbocycles. The molecule has 9 heteroatoms. The molecule has 0 aliphatic carbocycles. The summed E-state index contributed by atoms with van der Waals surface area (Å²) in [5.41, 5.74) is -1.92. The lowest BCUT2D eigenvalue weighted by Crippen LogP contribution is -2.53. The molecule has 0 radical (unpaired) electrons. The lowest BCUT2D eigenvalue weighted by atomic mass is 10.0. The molecule has 26 heavy (non-hydrogen) atoms. The molecule has 1 fully saturated rings. The van der Waals surface area contributed by atoms with Gasteiger partial charge in [0.2, 0.25) is 0 Å². The standard InChI is InChI=1S/C17H20N4O5/c1-11(2)21-16(24)15(23)20-10-17(26-8-13(20)18-21)5-6-19(9-17)14(22)12-4-3-7-25-12/h3-4,7,11H,5-6,8-10H2,1-2H3/t17-/m1/s1. The number of ether oxygens (including phenoxy) is 1. The molecule has 2 aliphatic rings. The zero-order valence-electron chi connectivity index (χ0n) is 14.7. The van der Waals surface area contributed by atoms with Crippen molar-refractivity contribution in [3.63, 3.8) is 0 Å². The molecule has 4 rings (SSSR count). The first kappa shape index (κ1) is 16.8. The molecule has 0 bridgehead atoms. The van der Waals surface area contributed by atoms with E-state index in [2.05, 4.69) is 5.10 Å². The number of hydrogen-bond donors (Lipinski definition) is 0. The first-order chi connectivity index (χ1) is 12.4. The van der Waals surface area contributed by atoms with E-state index in [0.717, 1.165) is 0 Å². The number of amides is 1. The fourth-order valence-corrected chi connectivity index (χ4v) is 3.55. The first-order valence-electron chi connectivity index (χ1n) is 8.59. The van der Waals surface area contributed by atoms with E-state index in [-0.39, 0.29) is 30.9 Å². The number of carbonyl (C=O) groups excluding carboxylic acids is 1. The van der Waals surface area contributed by atoms with E-state index in [4.69, 9.17) is 9.15 Å². The highest BCUT2D eigenvalue weighted by atomic mass is 16.5. The Bertz CT molecular complexity index is 959. The van der Waals surface area contributed by atoms with Crippen LogP contribution in [0, 0.1) is 0 Å². The normalized spacial score (nSPS) is 22.2. The lowest BCUT2D eigenvalue weighted by molar-refractivity contribution is -0.0844. The highest BCUT2D eigenvalue weighted by Gasteiger charge is 2.45. The monoisotopic (exact) mass is 360 g/mol. The largest absolute Gasteiger partial charge is 0.459 e. The number of likely N-dealkylation sites (tertiary alicyclic amines) is 1. The van der Waals surface area contributed by atoms with Crippen LogP contribution in [0.3, 0.4) is 0 Å². The van der Waals surface area contributed by atoms with E-state index in [0.29, 0.717) is 25.3 Å². The van der Waals surface area contributed by atoms with Crippen molar-refractivity contribution in [2.45, 2.75) is 45.1 Å². The van der Waals surface area contributed by atoms with Gasteiger partial charge in [0.1, 0.15) is 12.2 Å². The molecular weight excluding hydrogens is 340 g/mol. The number of furan rings is 1. The average molecular weight is 360 g/mol. The number of aromatic nitrogens is 3. The molecule has 2 aromatic rings. The summed E-state index contributed by atoms with van der Waals surface area (Å²) in [6.07, 6.45) is 2.04. The fourth-order valence-electron chi connectivity index (χ4n) is 3.55. The third kappa shape index (κ3) is 2.59. The van der Waals surface area contributed by atoms with E-state index in [9.17, 15) is 14.4 Å². The van der Waals surface area contributed by atoms with Crippen molar-refractivity contribution in [3.8, 4) is 0 Å². The van der Waals surface area contributed by atoms with Crippen LogP contribution >= 0.6 is 0 Å². The van der Waals surface area contributed by atoms with Gasteiger partial charge in [0, 0.05) is 6.54 Å². The van der Waals surface area contributed by atoms with Gasteiger partial charge in [0.05, 0.1) is 25.4 Å². The van der Waals surface area contributed by atoms with E-state index >= 15 is 0 Å². The summed E-state index contributed by atoms with van der Waals surface area (Å²) >= 11 is 0. The third-order valence-electron chi connectivity index (χ3n) is 4.95. The van der Waals surface area contributed by atoms with Crippen molar-refractivity contribution >= 4 is 5.91 Å². The molecule has 9 nitrogen and oxygen atoms in total. The molecule has 0 unspecified atom stereocenters. The second-order valence-electron chi connectivity index (χ2n) is 7.08. The minimum Gasteiger partial charge on any atom is -0.459 e. The van der Waals surface area contributed by atoms with Crippen molar-refractivity contribution in [1.82, 2.24) is 19.2 Å². The maximum absolute atomic E-state index is 12.5. The van der Waals surface area contributed by atoms with Gasteiger partial charge < -0.3 is 14.1 Å². The van der Waals surface area contributed by atoms with E-state index in [1.165, 1.54) is 15.5 Å². The average Bonchev–Trinajstić information content (AvgIpc) is 3.28. The van der Waals surface area contributed by atoms with Gasteiger partial charge in [-0.25, -0.2) is 4.68 Å². The molecule has 4 heterocycles. The van der Waals surface area contributed by atoms with E-state index in [1.807, 2.05) is 0 Å². The zero-order valence-corrected chi connectivity index (χ0v) is 14.7. The van der Waals surface area contributed by atoms with Gasteiger partial charge in [-0.15, -0.1) is 0 Å². The number of hydrogen-bond acceptors (Lipinski definition) is 6. The Kier molecular flexibility index (Phi) is 3.83. The third-order valence-corrected chi connectivity index (χ3v) is 4.95. The number of fused-ring (bicyclic) bond motifs is 1. The second kappa shape index (κ2) is 5.94. The van der Waals surface area contributed by atoms with Crippen LogP contribution in [0.15, 0.2) is 32.4 Å². The Labute approximate surface area is 148 Å². The fraction of sp³-hybridized carbons (Fsp3) is 0.529. The van der Waals surface area contributed by atoms with Crippen LogP contribution in [0.2, 0.25) is 0 Å². The molecule has 138 valence electrons.